The monoisotopic (exact) mass is 549 g/mol. The molecule has 8 nitrogen and oxygen atoms in total. The third kappa shape index (κ3) is 7.27. The van der Waals surface area contributed by atoms with Gasteiger partial charge in [0, 0.05) is 27.8 Å². The zero-order valence-corrected chi connectivity index (χ0v) is 22.3. The number of carbonyl (C=O) groups excluding carboxylic acids is 1. The number of hydrogen-bond acceptors (Lipinski definition) is 7. The Morgan fingerprint density at radius 3 is 2.38 bits per heavy atom. The van der Waals surface area contributed by atoms with E-state index in [1.54, 1.807) is 30.3 Å². The molecule has 1 fully saturated rings. The quantitative estimate of drug-likeness (QED) is 0.202. The molecule has 1 saturated heterocycles. The number of aromatic carboxylic acids is 1. The van der Waals surface area contributed by atoms with E-state index in [4.69, 9.17) is 14.2 Å². The second-order valence-corrected chi connectivity index (χ2v) is 10.1. The van der Waals surface area contributed by atoms with E-state index >= 15 is 0 Å². The lowest BCUT2D eigenvalue weighted by molar-refractivity contribution is -0.268. The molecule has 0 bridgehead atoms. The highest BCUT2D eigenvalue weighted by atomic mass is 32.2. The van der Waals surface area contributed by atoms with Crippen molar-refractivity contribution in [3.63, 3.8) is 0 Å². The van der Waals surface area contributed by atoms with Gasteiger partial charge in [-0.25, -0.2) is 9.59 Å². The number of nitrogens with one attached hydrogen (secondary N) is 1. The minimum absolute atomic E-state index is 0.0448. The number of aliphatic hydroxyl groups is 1. The van der Waals surface area contributed by atoms with Crippen LogP contribution in [0.4, 0.5) is 10.5 Å². The number of amides is 1. The van der Waals surface area contributed by atoms with E-state index in [0.717, 1.165) is 16.7 Å². The fourth-order valence-electron chi connectivity index (χ4n) is 4.26. The predicted molar refractivity (Wildman–Crippen MR) is 149 cm³/mol. The van der Waals surface area contributed by atoms with E-state index in [-0.39, 0.29) is 36.9 Å². The van der Waals surface area contributed by atoms with Gasteiger partial charge in [-0.2, -0.15) is 0 Å². The summed E-state index contributed by atoms with van der Waals surface area (Å²) in [6.07, 6.45) is -0.338. The van der Waals surface area contributed by atoms with E-state index in [0.29, 0.717) is 16.3 Å². The highest BCUT2D eigenvalue weighted by Gasteiger charge is 2.38. The van der Waals surface area contributed by atoms with Crippen molar-refractivity contribution in [2.45, 2.75) is 36.9 Å². The third-order valence-corrected chi connectivity index (χ3v) is 7.57. The molecular weight excluding hydrogens is 518 g/mol. The van der Waals surface area contributed by atoms with Crippen molar-refractivity contribution < 1.29 is 34.0 Å². The molecule has 0 unspecified atom stereocenters. The Morgan fingerprint density at radius 1 is 1.03 bits per heavy atom. The molecule has 0 aliphatic carbocycles. The maximum absolute atomic E-state index is 11.9. The van der Waals surface area contributed by atoms with Crippen LogP contribution in [0.3, 0.4) is 0 Å². The molecule has 204 valence electrons. The Balaban J connectivity index is 1.55. The van der Waals surface area contributed by atoms with Gasteiger partial charge in [-0.05, 0) is 35.4 Å². The van der Waals surface area contributed by atoms with Crippen LogP contribution in [0.2, 0.25) is 0 Å². The summed E-state index contributed by atoms with van der Waals surface area (Å²) in [6, 6.07) is 21.7. The van der Waals surface area contributed by atoms with Crippen molar-refractivity contribution in [1.82, 2.24) is 0 Å². The average Bonchev–Trinajstić information content (AvgIpc) is 2.96. The molecule has 3 N–H and O–H groups in total. The Bertz CT molecular complexity index is 1280. The molecule has 0 radical (unpaired) electrons. The van der Waals surface area contributed by atoms with Gasteiger partial charge in [-0.15, -0.1) is 11.8 Å². The van der Waals surface area contributed by atoms with Crippen molar-refractivity contribution >= 4 is 29.5 Å². The van der Waals surface area contributed by atoms with Crippen LogP contribution in [0.25, 0.3) is 0 Å². The van der Waals surface area contributed by atoms with Gasteiger partial charge in [-0.3, -0.25) is 5.32 Å². The summed E-state index contributed by atoms with van der Waals surface area (Å²) in [7, 11) is 0. The Labute approximate surface area is 231 Å². The molecule has 1 amide bonds. The number of ether oxygens (including phenoxy) is 3. The third-order valence-electron chi connectivity index (χ3n) is 6.41. The molecule has 3 aromatic carbocycles. The van der Waals surface area contributed by atoms with Gasteiger partial charge in [-0.1, -0.05) is 68.1 Å². The van der Waals surface area contributed by atoms with Gasteiger partial charge in [0.2, 0.25) is 0 Å². The number of carboxylic acids is 1. The topological polar surface area (TPSA) is 114 Å². The van der Waals surface area contributed by atoms with Gasteiger partial charge >= 0.3 is 12.1 Å². The van der Waals surface area contributed by atoms with E-state index in [1.165, 1.54) is 17.8 Å². The van der Waals surface area contributed by atoms with Gasteiger partial charge in [0.25, 0.3) is 0 Å². The zero-order chi connectivity index (χ0) is 27.8. The summed E-state index contributed by atoms with van der Waals surface area (Å²) in [5.41, 5.74) is 3.35. The normalized spacial score (nSPS) is 20.7. The number of carboxylic acid groups (broad SMARTS) is 1. The average molecular weight is 550 g/mol. The molecule has 1 aliphatic heterocycles. The minimum atomic E-state index is -0.971. The second kappa shape index (κ2) is 13.4. The van der Waals surface area contributed by atoms with Gasteiger partial charge in [0.1, 0.15) is 6.61 Å². The lowest BCUT2D eigenvalue weighted by Gasteiger charge is -2.41. The summed E-state index contributed by atoms with van der Waals surface area (Å²) in [5.74, 6) is -0.502. The summed E-state index contributed by atoms with van der Waals surface area (Å²) in [5, 5.41) is 21.7. The lowest BCUT2D eigenvalue weighted by Crippen LogP contribution is -2.38. The highest BCUT2D eigenvalue weighted by molar-refractivity contribution is 7.99. The van der Waals surface area contributed by atoms with Crippen LogP contribution in [0, 0.1) is 5.92 Å². The molecule has 3 aromatic rings. The van der Waals surface area contributed by atoms with Crippen molar-refractivity contribution in [2.75, 3.05) is 17.7 Å². The number of anilines is 1. The molecule has 0 saturated carbocycles. The first-order valence-electron chi connectivity index (χ1n) is 12.5. The lowest BCUT2D eigenvalue weighted by atomic mass is 9.91. The van der Waals surface area contributed by atoms with E-state index in [9.17, 15) is 19.8 Å². The summed E-state index contributed by atoms with van der Waals surface area (Å²) >= 11 is 1.44. The van der Waals surface area contributed by atoms with Crippen LogP contribution < -0.4 is 5.32 Å². The largest absolute Gasteiger partial charge is 0.478 e. The van der Waals surface area contributed by atoms with Crippen molar-refractivity contribution in [1.29, 1.82) is 0 Å². The molecule has 0 spiro atoms. The second-order valence-electron chi connectivity index (χ2n) is 9.07. The van der Waals surface area contributed by atoms with E-state index in [2.05, 4.69) is 18.8 Å². The minimum Gasteiger partial charge on any atom is -0.478 e. The Kier molecular flexibility index (Phi) is 9.78. The molecule has 39 heavy (non-hydrogen) atoms. The highest BCUT2D eigenvalue weighted by Crippen LogP contribution is 2.43. The van der Waals surface area contributed by atoms with Crippen LogP contribution in [0.1, 0.15) is 46.4 Å². The van der Waals surface area contributed by atoms with E-state index < -0.39 is 18.4 Å². The smallest absolute Gasteiger partial charge is 0.411 e. The molecule has 4 rings (SSSR count). The molecule has 0 aromatic heterocycles. The van der Waals surface area contributed by atoms with Gasteiger partial charge in [0.15, 0.2) is 6.29 Å². The van der Waals surface area contributed by atoms with Crippen LogP contribution in [0.15, 0.2) is 90.3 Å². The van der Waals surface area contributed by atoms with Gasteiger partial charge in [0.05, 0.1) is 24.4 Å². The fourth-order valence-corrected chi connectivity index (χ4v) is 5.47. The van der Waals surface area contributed by atoms with Crippen LogP contribution in [-0.4, -0.2) is 40.7 Å². The van der Waals surface area contributed by atoms with Crippen molar-refractivity contribution in [3.8, 4) is 0 Å². The van der Waals surface area contributed by atoms with Crippen LogP contribution in [-0.2, 0) is 20.8 Å². The Morgan fingerprint density at radius 2 is 1.72 bits per heavy atom. The first-order chi connectivity index (χ1) is 18.9. The van der Waals surface area contributed by atoms with Gasteiger partial charge < -0.3 is 24.4 Å². The number of aliphatic hydroxyl groups excluding tert-OH is 1. The molecule has 4 atom stereocenters. The van der Waals surface area contributed by atoms with Crippen molar-refractivity contribution in [2.24, 2.45) is 5.92 Å². The number of carbonyl (C=O) groups is 2. The predicted octanol–water partition coefficient (Wildman–Crippen LogP) is 6.20. The SMILES string of the molecule is C=CCOC(=O)Nc1ccc([C@H]2O[C@@H](CSc3ccccc3C(=O)O)[C@@H](C)[C@@H](c3ccc(CO)cc3)O2)cc1. The molecule has 1 aliphatic rings. The Hall–Kier alpha value is -3.63. The summed E-state index contributed by atoms with van der Waals surface area (Å²) < 4.78 is 17.8. The zero-order valence-electron chi connectivity index (χ0n) is 21.5. The van der Waals surface area contributed by atoms with E-state index in [1.807, 2.05) is 42.5 Å². The number of hydrogen-bond donors (Lipinski definition) is 3. The molecular formula is C30H31NO7S. The number of thioether (sulfide) groups is 1. The maximum atomic E-state index is 11.9. The molecule has 9 heteroatoms. The fraction of sp³-hybridized carbons (Fsp3) is 0.267. The molecule has 1 heterocycles. The van der Waals surface area contributed by atoms with Crippen LogP contribution >= 0.6 is 11.8 Å². The first-order valence-corrected chi connectivity index (χ1v) is 13.5. The van der Waals surface area contributed by atoms with Crippen molar-refractivity contribution in [3.05, 3.63) is 108 Å². The maximum Gasteiger partial charge on any atom is 0.411 e. The number of rotatable bonds is 10. The van der Waals surface area contributed by atoms with Crippen LogP contribution in [0.5, 0.6) is 0 Å². The number of benzene rings is 3. The summed E-state index contributed by atoms with van der Waals surface area (Å²) in [6.45, 7) is 5.64. The first kappa shape index (κ1) is 28.4. The summed E-state index contributed by atoms with van der Waals surface area (Å²) in [4.78, 5) is 24.2. The standard InChI is InChI=1S/C30H31NO7S/c1-3-16-36-30(35)31-23-14-12-22(13-15-23)29-37-25(18-39-26-7-5-4-6-24(26)28(33)34)19(2)27(38-29)21-10-8-20(17-32)9-11-21/h3-15,19,25,27,29,32H,1,16-18H2,2H3,(H,31,35)(H,33,34)/t19-,25+,27+,29+/m1/s1.